The zero-order valence-electron chi connectivity index (χ0n) is 9.84. The minimum absolute atomic E-state index is 0.114. The van der Waals surface area contributed by atoms with Crippen molar-refractivity contribution >= 4 is 11.7 Å². The number of aliphatic hydroxyl groups is 1. The topological polar surface area (TPSA) is 79.5 Å². The second kappa shape index (κ2) is 4.71. The van der Waals surface area contributed by atoms with Gasteiger partial charge in [-0.1, -0.05) is 0 Å². The number of rotatable bonds is 3. The Morgan fingerprint density at radius 2 is 2.35 bits per heavy atom. The number of nitrogen functional groups attached to an aromatic ring is 1. The van der Waals surface area contributed by atoms with Crippen molar-refractivity contribution in [3.63, 3.8) is 0 Å². The number of hydrogen-bond acceptors (Lipinski definition) is 4. The van der Waals surface area contributed by atoms with Gasteiger partial charge in [0.25, 0.3) is 5.91 Å². The summed E-state index contributed by atoms with van der Waals surface area (Å²) in [4.78, 5) is 17.6. The number of nitrogens with two attached hydrogens (primary N) is 1. The van der Waals surface area contributed by atoms with Gasteiger partial charge in [0.15, 0.2) is 0 Å². The predicted octanol–water partition coefficient (Wildman–Crippen LogP) is 0.507. The maximum absolute atomic E-state index is 12.1. The molecule has 0 radical (unpaired) electrons. The summed E-state index contributed by atoms with van der Waals surface area (Å²) in [6, 6.07) is 3.38. The molecule has 0 spiro atoms. The highest BCUT2D eigenvalue weighted by Crippen LogP contribution is 2.28. The Hall–Kier alpha value is -1.62. The monoisotopic (exact) mass is 235 g/mol. The largest absolute Gasteiger partial charge is 0.393 e. The van der Waals surface area contributed by atoms with Crippen molar-refractivity contribution in [3.8, 4) is 0 Å². The molecule has 0 aromatic carbocycles. The number of nitrogens with zero attached hydrogens (tertiary/aromatic N) is 2. The fraction of sp³-hybridized carbons (Fsp3) is 0.500. The molecule has 1 aromatic heterocycles. The number of hydrogen-bond donors (Lipinski definition) is 2. The number of anilines is 1. The molecule has 1 amide bonds. The van der Waals surface area contributed by atoms with Crippen LogP contribution in [0.1, 0.15) is 23.2 Å². The Morgan fingerprint density at radius 1 is 1.65 bits per heavy atom. The molecule has 1 saturated carbocycles. The van der Waals surface area contributed by atoms with Crippen LogP contribution in [0.5, 0.6) is 0 Å². The Balaban J connectivity index is 1.97. The molecule has 5 nitrogen and oxygen atoms in total. The summed E-state index contributed by atoms with van der Waals surface area (Å²) in [6.45, 7) is 0.657. The molecule has 0 saturated heterocycles. The molecule has 0 unspecified atom stereocenters. The van der Waals surface area contributed by atoms with E-state index in [4.69, 9.17) is 5.73 Å². The van der Waals surface area contributed by atoms with Gasteiger partial charge >= 0.3 is 0 Å². The molecule has 3 N–H and O–H groups in total. The lowest BCUT2D eigenvalue weighted by molar-refractivity contribution is 0.0265. The summed E-state index contributed by atoms with van der Waals surface area (Å²) in [5.74, 6) is 0.548. The van der Waals surface area contributed by atoms with Crippen molar-refractivity contribution in [2.45, 2.75) is 18.9 Å². The van der Waals surface area contributed by atoms with Crippen molar-refractivity contribution in [1.29, 1.82) is 0 Å². The second-order valence-corrected chi connectivity index (χ2v) is 4.61. The van der Waals surface area contributed by atoms with E-state index in [-0.39, 0.29) is 17.8 Å². The Labute approximate surface area is 100 Å². The van der Waals surface area contributed by atoms with Crippen LogP contribution in [0.3, 0.4) is 0 Å². The van der Waals surface area contributed by atoms with E-state index in [1.807, 2.05) is 0 Å². The number of pyridine rings is 1. The van der Waals surface area contributed by atoms with Crippen LogP contribution in [-0.2, 0) is 0 Å². The molecule has 0 bridgehead atoms. The summed E-state index contributed by atoms with van der Waals surface area (Å²) >= 11 is 0. The van der Waals surface area contributed by atoms with Crippen molar-refractivity contribution in [1.82, 2.24) is 9.88 Å². The van der Waals surface area contributed by atoms with Gasteiger partial charge in [0.1, 0.15) is 5.82 Å². The average molecular weight is 235 g/mol. The van der Waals surface area contributed by atoms with Crippen LogP contribution in [0.2, 0.25) is 0 Å². The van der Waals surface area contributed by atoms with Gasteiger partial charge in [0, 0.05) is 19.8 Å². The third kappa shape index (κ3) is 2.55. The maximum atomic E-state index is 12.1. The van der Waals surface area contributed by atoms with Crippen molar-refractivity contribution in [3.05, 3.63) is 23.9 Å². The van der Waals surface area contributed by atoms with Gasteiger partial charge < -0.3 is 15.7 Å². The van der Waals surface area contributed by atoms with Crippen LogP contribution in [0.4, 0.5) is 5.82 Å². The lowest BCUT2D eigenvalue weighted by Gasteiger charge is -2.34. The van der Waals surface area contributed by atoms with E-state index in [1.165, 1.54) is 0 Å². The van der Waals surface area contributed by atoms with Crippen LogP contribution in [0.15, 0.2) is 18.3 Å². The molecule has 0 aliphatic heterocycles. The van der Waals surface area contributed by atoms with Crippen LogP contribution in [0.25, 0.3) is 0 Å². The average Bonchev–Trinajstić information content (AvgIpc) is 2.26. The zero-order valence-corrected chi connectivity index (χ0v) is 9.84. The number of aliphatic hydroxyl groups excluding tert-OH is 1. The molecular formula is C12H17N3O2. The summed E-state index contributed by atoms with van der Waals surface area (Å²) < 4.78 is 0. The SMILES string of the molecule is CN(CC1CC(O)C1)C(=O)c1cccnc1N. The Bertz CT molecular complexity index is 416. The third-order valence-electron chi connectivity index (χ3n) is 3.16. The van der Waals surface area contributed by atoms with Crippen LogP contribution < -0.4 is 5.73 Å². The number of carbonyl (C=O) groups is 1. The van der Waals surface area contributed by atoms with Crippen LogP contribution in [-0.4, -0.2) is 40.6 Å². The van der Waals surface area contributed by atoms with E-state index in [0.717, 1.165) is 12.8 Å². The molecule has 1 heterocycles. The minimum Gasteiger partial charge on any atom is -0.393 e. The molecular weight excluding hydrogens is 218 g/mol. The highest BCUT2D eigenvalue weighted by atomic mass is 16.3. The molecule has 0 atom stereocenters. The van der Waals surface area contributed by atoms with E-state index in [2.05, 4.69) is 4.98 Å². The van der Waals surface area contributed by atoms with Gasteiger partial charge in [-0.05, 0) is 30.9 Å². The standard InChI is InChI=1S/C12H17N3O2/c1-15(7-8-5-9(16)6-8)12(17)10-3-2-4-14-11(10)13/h2-4,8-9,16H,5-7H2,1H3,(H2,13,14). The first-order valence-electron chi connectivity index (χ1n) is 5.72. The lowest BCUT2D eigenvalue weighted by atomic mass is 9.82. The molecule has 1 aliphatic carbocycles. The summed E-state index contributed by atoms with van der Waals surface area (Å²) in [5.41, 5.74) is 6.10. The van der Waals surface area contributed by atoms with E-state index in [0.29, 0.717) is 18.0 Å². The van der Waals surface area contributed by atoms with Crippen LogP contribution >= 0.6 is 0 Å². The van der Waals surface area contributed by atoms with Gasteiger partial charge in [0.05, 0.1) is 11.7 Å². The molecule has 1 fully saturated rings. The number of aromatic nitrogens is 1. The van der Waals surface area contributed by atoms with Gasteiger partial charge in [-0.2, -0.15) is 0 Å². The molecule has 1 aromatic rings. The third-order valence-corrected chi connectivity index (χ3v) is 3.16. The van der Waals surface area contributed by atoms with E-state index in [9.17, 15) is 9.90 Å². The Kier molecular flexibility index (Phi) is 3.28. The van der Waals surface area contributed by atoms with Gasteiger partial charge in [-0.15, -0.1) is 0 Å². The highest BCUT2D eigenvalue weighted by Gasteiger charge is 2.29. The first-order valence-corrected chi connectivity index (χ1v) is 5.72. The van der Waals surface area contributed by atoms with Crippen molar-refractivity contribution in [2.24, 2.45) is 5.92 Å². The van der Waals surface area contributed by atoms with E-state index >= 15 is 0 Å². The normalized spacial score (nSPS) is 22.9. The summed E-state index contributed by atoms with van der Waals surface area (Å²) in [5, 5.41) is 9.20. The second-order valence-electron chi connectivity index (χ2n) is 4.61. The first kappa shape index (κ1) is 11.9. The lowest BCUT2D eigenvalue weighted by Crippen LogP contribution is -2.39. The summed E-state index contributed by atoms with van der Waals surface area (Å²) in [7, 11) is 1.75. The van der Waals surface area contributed by atoms with Gasteiger partial charge in [-0.3, -0.25) is 4.79 Å². The quantitative estimate of drug-likeness (QED) is 0.800. The minimum atomic E-state index is -0.188. The van der Waals surface area contributed by atoms with Crippen molar-refractivity contribution < 1.29 is 9.90 Å². The molecule has 5 heteroatoms. The van der Waals surface area contributed by atoms with Crippen LogP contribution in [0, 0.1) is 5.92 Å². The van der Waals surface area contributed by atoms with E-state index in [1.54, 1.807) is 30.3 Å². The maximum Gasteiger partial charge on any atom is 0.257 e. The zero-order chi connectivity index (χ0) is 12.4. The fourth-order valence-electron chi connectivity index (χ4n) is 2.12. The smallest absolute Gasteiger partial charge is 0.257 e. The first-order chi connectivity index (χ1) is 8.08. The van der Waals surface area contributed by atoms with Gasteiger partial charge in [0.2, 0.25) is 0 Å². The predicted molar refractivity (Wildman–Crippen MR) is 64.3 cm³/mol. The fourth-order valence-corrected chi connectivity index (χ4v) is 2.12. The summed E-state index contributed by atoms with van der Waals surface area (Å²) in [6.07, 6.45) is 2.93. The van der Waals surface area contributed by atoms with E-state index < -0.39 is 0 Å². The number of carbonyl (C=O) groups excluding carboxylic acids is 1. The van der Waals surface area contributed by atoms with Gasteiger partial charge in [-0.25, -0.2) is 4.98 Å². The number of amides is 1. The Morgan fingerprint density at radius 3 is 2.94 bits per heavy atom. The molecule has 1 aliphatic rings. The molecule has 17 heavy (non-hydrogen) atoms. The molecule has 92 valence electrons. The molecule has 2 rings (SSSR count). The van der Waals surface area contributed by atoms with Crippen molar-refractivity contribution in [2.75, 3.05) is 19.3 Å². The highest BCUT2D eigenvalue weighted by molar-refractivity contribution is 5.98.